The van der Waals surface area contributed by atoms with Crippen molar-refractivity contribution in [2.24, 2.45) is 0 Å². The molecule has 0 atom stereocenters. The molecular weight excluding hydrogens is 297 g/mol. The molecule has 0 unspecified atom stereocenters. The van der Waals surface area contributed by atoms with E-state index in [1.54, 1.807) is 0 Å². The molecule has 0 aliphatic carbocycles. The minimum atomic E-state index is -4.37. The largest absolute Gasteiger partial charge is 0.490 e. The summed E-state index contributed by atoms with van der Waals surface area (Å²) in [7, 11) is 0. The third kappa shape index (κ3) is 3.79. The van der Waals surface area contributed by atoms with Gasteiger partial charge >= 0.3 is 6.18 Å². The van der Waals surface area contributed by atoms with Crippen LogP contribution in [-0.2, 0) is 0 Å². The molecule has 0 saturated carbocycles. The normalized spacial score (nSPS) is 14.8. The summed E-state index contributed by atoms with van der Waals surface area (Å²) in [4.78, 5) is 11.8. The summed E-state index contributed by atoms with van der Waals surface area (Å²) in [5.74, 6) is 0.0742. The molecule has 3 nitrogen and oxygen atoms in total. The fourth-order valence-corrected chi connectivity index (χ4v) is 2.05. The van der Waals surface area contributed by atoms with Crippen molar-refractivity contribution in [2.75, 3.05) is 13.2 Å². The first-order chi connectivity index (χ1) is 9.37. The van der Waals surface area contributed by atoms with Crippen LogP contribution < -0.4 is 9.47 Å². The average molecular weight is 309 g/mol. The van der Waals surface area contributed by atoms with Crippen LogP contribution in [0.4, 0.5) is 13.2 Å². The third-order valence-corrected chi connectivity index (χ3v) is 3.09. The van der Waals surface area contributed by atoms with E-state index >= 15 is 0 Å². The van der Waals surface area contributed by atoms with E-state index in [2.05, 4.69) is 0 Å². The van der Waals surface area contributed by atoms with Gasteiger partial charge in [-0.1, -0.05) is 11.6 Å². The van der Waals surface area contributed by atoms with Crippen molar-refractivity contribution in [1.82, 2.24) is 0 Å². The second kappa shape index (κ2) is 5.91. The number of halogens is 4. The Morgan fingerprint density at radius 2 is 1.80 bits per heavy atom. The summed E-state index contributed by atoms with van der Waals surface area (Å²) in [5, 5.41) is 0.0708. The van der Waals surface area contributed by atoms with Crippen molar-refractivity contribution in [3.05, 3.63) is 22.7 Å². The average Bonchev–Trinajstić information content (AvgIpc) is 2.58. The molecule has 1 aromatic carbocycles. The molecule has 20 heavy (non-hydrogen) atoms. The maximum atomic E-state index is 12.1. The number of alkyl halides is 3. The SMILES string of the molecule is O=C(CCC(F)(F)F)c1cc2c(cc1Cl)OCCCO2. The van der Waals surface area contributed by atoms with E-state index in [0.29, 0.717) is 31.1 Å². The molecule has 0 amide bonds. The molecular formula is C13H12ClF3O3. The maximum absolute atomic E-state index is 12.1. The lowest BCUT2D eigenvalue weighted by molar-refractivity contribution is -0.133. The summed E-state index contributed by atoms with van der Waals surface area (Å²) >= 11 is 5.92. The zero-order chi connectivity index (χ0) is 14.8. The van der Waals surface area contributed by atoms with E-state index in [0.717, 1.165) is 0 Å². The molecule has 0 spiro atoms. The number of benzene rings is 1. The van der Waals surface area contributed by atoms with Crippen LogP contribution in [0.2, 0.25) is 5.02 Å². The topological polar surface area (TPSA) is 35.5 Å². The Bertz CT molecular complexity index is 514. The molecule has 7 heteroatoms. The van der Waals surface area contributed by atoms with Gasteiger partial charge in [0.05, 0.1) is 24.7 Å². The van der Waals surface area contributed by atoms with Gasteiger partial charge in [-0.25, -0.2) is 0 Å². The third-order valence-electron chi connectivity index (χ3n) is 2.77. The minimum absolute atomic E-state index is 0.0279. The van der Waals surface area contributed by atoms with E-state index in [1.807, 2.05) is 0 Å². The number of Topliss-reactive ketones (excluding diaryl/α,β-unsaturated/α-hetero) is 1. The summed E-state index contributed by atoms with van der Waals surface area (Å²) in [5.41, 5.74) is 0.0279. The summed E-state index contributed by atoms with van der Waals surface area (Å²) in [6.45, 7) is 0.884. The van der Waals surface area contributed by atoms with E-state index in [9.17, 15) is 18.0 Å². The minimum Gasteiger partial charge on any atom is -0.490 e. The number of carbonyl (C=O) groups excluding carboxylic acids is 1. The van der Waals surface area contributed by atoms with Crippen LogP contribution in [0.1, 0.15) is 29.6 Å². The van der Waals surface area contributed by atoms with Gasteiger partial charge in [0.2, 0.25) is 0 Å². The molecule has 1 aliphatic rings. The second-order valence-corrected chi connectivity index (χ2v) is 4.77. The molecule has 1 aliphatic heterocycles. The van der Waals surface area contributed by atoms with Gasteiger partial charge in [0.1, 0.15) is 0 Å². The van der Waals surface area contributed by atoms with E-state index < -0.39 is 24.8 Å². The van der Waals surface area contributed by atoms with Gasteiger partial charge in [0.15, 0.2) is 17.3 Å². The predicted molar refractivity (Wildman–Crippen MR) is 66.7 cm³/mol. The molecule has 0 saturated heterocycles. The number of hydrogen-bond donors (Lipinski definition) is 0. The first-order valence-electron chi connectivity index (χ1n) is 6.06. The Kier molecular flexibility index (Phi) is 4.42. The van der Waals surface area contributed by atoms with Crippen molar-refractivity contribution in [3.63, 3.8) is 0 Å². The highest BCUT2D eigenvalue weighted by Gasteiger charge is 2.29. The highest BCUT2D eigenvalue weighted by Crippen LogP contribution is 2.36. The van der Waals surface area contributed by atoms with Gasteiger partial charge < -0.3 is 9.47 Å². The predicted octanol–water partition coefficient (Wildman–Crippen LogP) is 4.03. The molecule has 0 aromatic heterocycles. The number of ether oxygens (including phenoxy) is 2. The first-order valence-corrected chi connectivity index (χ1v) is 6.44. The molecule has 0 fully saturated rings. The molecule has 0 N–H and O–H groups in total. The Hall–Kier alpha value is -1.43. The van der Waals surface area contributed by atoms with Crippen LogP contribution >= 0.6 is 11.6 Å². The van der Waals surface area contributed by atoms with Gasteiger partial charge in [0.25, 0.3) is 0 Å². The Morgan fingerprint density at radius 1 is 1.20 bits per heavy atom. The highest BCUT2D eigenvalue weighted by atomic mass is 35.5. The number of ketones is 1. The fraction of sp³-hybridized carbons (Fsp3) is 0.462. The molecule has 1 heterocycles. The Labute approximate surface area is 118 Å². The van der Waals surface area contributed by atoms with Gasteiger partial charge in [-0.2, -0.15) is 13.2 Å². The fourth-order valence-electron chi connectivity index (χ4n) is 1.79. The van der Waals surface area contributed by atoms with Crippen molar-refractivity contribution < 1.29 is 27.4 Å². The second-order valence-electron chi connectivity index (χ2n) is 4.37. The van der Waals surface area contributed by atoms with Crippen molar-refractivity contribution >= 4 is 17.4 Å². The molecule has 110 valence electrons. The quantitative estimate of drug-likeness (QED) is 0.791. The van der Waals surface area contributed by atoms with Crippen molar-refractivity contribution in [3.8, 4) is 11.5 Å². The monoisotopic (exact) mass is 308 g/mol. The first kappa shape index (κ1) is 15.0. The van der Waals surface area contributed by atoms with Gasteiger partial charge in [0, 0.05) is 24.5 Å². The lowest BCUT2D eigenvalue weighted by atomic mass is 10.1. The van der Waals surface area contributed by atoms with Gasteiger partial charge in [-0.05, 0) is 6.07 Å². The highest BCUT2D eigenvalue weighted by molar-refractivity contribution is 6.34. The van der Waals surface area contributed by atoms with Crippen molar-refractivity contribution in [2.45, 2.75) is 25.4 Å². The number of rotatable bonds is 3. The van der Waals surface area contributed by atoms with Crippen LogP contribution in [0.5, 0.6) is 11.5 Å². The van der Waals surface area contributed by atoms with E-state index in [-0.39, 0.29) is 10.6 Å². The standard InChI is InChI=1S/C13H12ClF3O3/c14-9-7-12-11(19-4-1-5-20-12)6-8(9)10(18)2-3-13(15,16)17/h6-7H,1-5H2. The lowest BCUT2D eigenvalue weighted by Crippen LogP contribution is -2.11. The zero-order valence-electron chi connectivity index (χ0n) is 10.4. The van der Waals surface area contributed by atoms with Crippen LogP contribution in [0, 0.1) is 0 Å². The smallest absolute Gasteiger partial charge is 0.389 e. The number of carbonyl (C=O) groups is 1. The number of hydrogen-bond acceptors (Lipinski definition) is 3. The van der Waals surface area contributed by atoms with Crippen LogP contribution in [0.25, 0.3) is 0 Å². The summed E-state index contributed by atoms with van der Waals surface area (Å²) in [6.07, 6.45) is -5.49. The summed E-state index contributed by atoms with van der Waals surface area (Å²) in [6, 6.07) is 2.75. The Morgan fingerprint density at radius 3 is 2.40 bits per heavy atom. The summed E-state index contributed by atoms with van der Waals surface area (Å²) < 4.78 is 47.1. The van der Waals surface area contributed by atoms with Gasteiger partial charge in [-0.15, -0.1) is 0 Å². The van der Waals surface area contributed by atoms with E-state index in [4.69, 9.17) is 21.1 Å². The molecule has 0 radical (unpaired) electrons. The molecule has 0 bridgehead atoms. The van der Waals surface area contributed by atoms with E-state index in [1.165, 1.54) is 12.1 Å². The van der Waals surface area contributed by atoms with Crippen LogP contribution in [0.15, 0.2) is 12.1 Å². The van der Waals surface area contributed by atoms with Crippen molar-refractivity contribution in [1.29, 1.82) is 0 Å². The lowest BCUT2D eigenvalue weighted by Gasteiger charge is -2.11. The van der Waals surface area contributed by atoms with Gasteiger partial charge in [-0.3, -0.25) is 4.79 Å². The van der Waals surface area contributed by atoms with Crippen LogP contribution in [0.3, 0.4) is 0 Å². The Balaban J connectivity index is 2.19. The van der Waals surface area contributed by atoms with Crippen LogP contribution in [-0.4, -0.2) is 25.2 Å². The number of fused-ring (bicyclic) bond motifs is 1. The maximum Gasteiger partial charge on any atom is 0.389 e. The zero-order valence-corrected chi connectivity index (χ0v) is 11.2. The molecule has 1 aromatic rings. The molecule has 2 rings (SSSR count).